The molecule has 0 bridgehead atoms. The van der Waals surface area contributed by atoms with Crippen molar-refractivity contribution in [1.82, 2.24) is 10.2 Å². The van der Waals surface area contributed by atoms with Crippen molar-refractivity contribution in [3.8, 4) is 0 Å². The quantitative estimate of drug-likeness (QED) is 0.896. The second kappa shape index (κ2) is 6.53. The lowest BCUT2D eigenvalue weighted by molar-refractivity contribution is 0.221. The predicted octanol–water partition coefficient (Wildman–Crippen LogP) is 3.14. The average molecular weight is 258 g/mol. The van der Waals surface area contributed by atoms with Crippen molar-refractivity contribution in [1.29, 1.82) is 0 Å². The van der Waals surface area contributed by atoms with Gasteiger partial charge < -0.3 is 5.32 Å². The second-order valence-corrected chi connectivity index (χ2v) is 6.10. The molecule has 1 aromatic carbocycles. The SMILES string of the molecule is c1cc(C2CCNCC2)ccc1CN1CCCCC1. The highest BCUT2D eigenvalue weighted by atomic mass is 15.1. The summed E-state index contributed by atoms with van der Waals surface area (Å²) in [5.41, 5.74) is 3.03. The summed E-state index contributed by atoms with van der Waals surface area (Å²) in [5.74, 6) is 0.783. The Balaban J connectivity index is 1.58. The lowest BCUT2D eigenvalue weighted by atomic mass is 9.90. The molecule has 2 aliphatic heterocycles. The fraction of sp³-hybridized carbons (Fsp3) is 0.647. The monoisotopic (exact) mass is 258 g/mol. The number of likely N-dealkylation sites (tertiary alicyclic amines) is 1. The summed E-state index contributed by atoms with van der Waals surface area (Å²) < 4.78 is 0. The van der Waals surface area contributed by atoms with E-state index in [1.165, 1.54) is 63.8 Å². The molecule has 1 aromatic rings. The number of nitrogens with one attached hydrogen (secondary N) is 1. The van der Waals surface area contributed by atoms with E-state index in [9.17, 15) is 0 Å². The molecule has 0 unspecified atom stereocenters. The standard InChI is InChI=1S/C17H26N2/c1-2-12-19(13-3-1)14-15-4-6-16(7-5-15)17-8-10-18-11-9-17/h4-7,17-18H,1-3,8-14H2. The van der Waals surface area contributed by atoms with Crippen LogP contribution in [0, 0.1) is 0 Å². The third-order valence-corrected chi connectivity index (χ3v) is 4.65. The first-order valence-corrected chi connectivity index (χ1v) is 7.94. The van der Waals surface area contributed by atoms with Crippen LogP contribution in [0.1, 0.15) is 49.1 Å². The normalized spacial score (nSPS) is 22.5. The topological polar surface area (TPSA) is 15.3 Å². The molecule has 3 rings (SSSR count). The van der Waals surface area contributed by atoms with Crippen LogP contribution in [-0.2, 0) is 6.54 Å². The third-order valence-electron chi connectivity index (χ3n) is 4.65. The van der Waals surface area contributed by atoms with Crippen LogP contribution in [0.15, 0.2) is 24.3 Å². The van der Waals surface area contributed by atoms with Gasteiger partial charge in [-0.25, -0.2) is 0 Å². The molecule has 0 aromatic heterocycles. The van der Waals surface area contributed by atoms with Gasteiger partial charge in [0.25, 0.3) is 0 Å². The van der Waals surface area contributed by atoms with Gasteiger partial charge in [0, 0.05) is 6.54 Å². The average Bonchev–Trinajstić information content (AvgIpc) is 2.50. The Kier molecular flexibility index (Phi) is 4.52. The van der Waals surface area contributed by atoms with Crippen molar-refractivity contribution in [3.63, 3.8) is 0 Å². The molecule has 19 heavy (non-hydrogen) atoms. The highest BCUT2D eigenvalue weighted by Gasteiger charge is 2.15. The van der Waals surface area contributed by atoms with E-state index >= 15 is 0 Å². The van der Waals surface area contributed by atoms with Crippen LogP contribution in [0.5, 0.6) is 0 Å². The maximum atomic E-state index is 3.44. The number of hydrogen-bond donors (Lipinski definition) is 1. The van der Waals surface area contributed by atoms with Crippen LogP contribution < -0.4 is 5.32 Å². The molecule has 0 saturated carbocycles. The molecule has 2 heteroatoms. The van der Waals surface area contributed by atoms with Crippen LogP contribution in [0.25, 0.3) is 0 Å². The van der Waals surface area contributed by atoms with Gasteiger partial charge in [0.05, 0.1) is 0 Å². The molecule has 1 N–H and O–H groups in total. The summed E-state index contributed by atoms with van der Waals surface area (Å²) in [6.45, 7) is 6.08. The molecule has 2 nitrogen and oxygen atoms in total. The van der Waals surface area contributed by atoms with Gasteiger partial charge in [-0.2, -0.15) is 0 Å². The molecule has 2 aliphatic rings. The smallest absolute Gasteiger partial charge is 0.0233 e. The van der Waals surface area contributed by atoms with E-state index in [2.05, 4.69) is 34.5 Å². The van der Waals surface area contributed by atoms with Crippen molar-refractivity contribution in [2.24, 2.45) is 0 Å². The van der Waals surface area contributed by atoms with Crippen LogP contribution in [-0.4, -0.2) is 31.1 Å². The van der Waals surface area contributed by atoms with Gasteiger partial charge in [-0.1, -0.05) is 30.7 Å². The van der Waals surface area contributed by atoms with Crippen LogP contribution in [0.4, 0.5) is 0 Å². The molecule has 0 atom stereocenters. The van der Waals surface area contributed by atoms with Crippen molar-refractivity contribution >= 4 is 0 Å². The first kappa shape index (κ1) is 13.1. The Morgan fingerprint density at radius 2 is 1.63 bits per heavy atom. The predicted molar refractivity (Wildman–Crippen MR) is 80.4 cm³/mol. The van der Waals surface area contributed by atoms with E-state index in [1.807, 2.05) is 0 Å². The van der Waals surface area contributed by atoms with Gasteiger partial charge in [0.2, 0.25) is 0 Å². The van der Waals surface area contributed by atoms with Crippen molar-refractivity contribution in [2.75, 3.05) is 26.2 Å². The zero-order valence-corrected chi connectivity index (χ0v) is 11.9. The summed E-state index contributed by atoms with van der Waals surface area (Å²) in [6, 6.07) is 9.45. The van der Waals surface area contributed by atoms with E-state index in [0.717, 1.165) is 12.5 Å². The first-order valence-electron chi connectivity index (χ1n) is 7.94. The number of hydrogen-bond acceptors (Lipinski definition) is 2. The zero-order chi connectivity index (χ0) is 12.9. The van der Waals surface area contributed by atoms with E-state index in [-0.39, 0.29) is 0 Å². The van der Waals surface area contributed by atoms with E-state index in [0.29, 0.717) is 0 Å². The summed E-state index contributed by atoms with van der Waals surface area (Å²) in [7, 11) is 0. The molecule has 0 spiro atoms. The summed E-state index contributed by atoms with van der Waals surface area (Å²) in [4.78, 5) is 2.60. The Labute approximate surface area is 117 Å². The maximum Gasteiger partial charge on any atom is 0.0233 e. The molecular formula is C17H26N2. The zero-order valence-electron chi connectivity index (χ0n) is 11.9. The Hall–Kier alpha value is -0.860. The van der Waals surface area contributed by atoms with E-state index in [4.69, 9.17) is 0 Å². The van der Waals surface area contributed by atoms with Crippen LogP contribution >= 0.6 is 0 Å². The Morgan fingerprint density at radius 1 is 0.947 bits per heavy atom. The molecular weight excluding hydrogens is 232 g/mol. The molecule has 0 radical (unpaired) electrons. The maximum absolute atomic E-state index is 3.44. The lowest BCUT2D eigenvalue weighted by Gasteiger charge is -2.27. The molecule has 2 saturated heterocycles. The number of rotatable bonds is 3. The fourth-order valence-corrected chi connectivity index (χ4v) is 3.43. The van der Waals surface area contributed by atoms with Gasteiger partial charge in [-0.3, -0.25) is 4.90 Å². The number of nitrogens with zero attached hydrogens (tertiary/aromatic N) is 1. The Bertz CT molecular complexity index is 373. The van der Waals surface area contributed by atoms with Crippen LogP contribution in [0.2, 0.25) is 0 Å². The highest BCUT2D eigenvalue weighted by Crippen LogP contribution is 2.25. The molecule has 0 amide bonds. The summed E-state index contributed by atoms with van der Waals surface area (Å²) >= 11 is 0. The van der Waals surface area contributed by atoms with Gasteiger partial charge >= 0.3 is 0 Å². The van der Waals surface area contributed by atoms with E-state index < -0.39 is 0 Å². The highest BCUT2D eigenvalue weighted by molar-refractivity contribution is 5.25. The molecule has 2 fully saturated rings. The number of benzene rings is 1. The molecule has 0 aliphatic carbocycles. The minimum Gasteiger partial charge on any atom is -0.317 e. The van der Waals surface area contributed by atoms with Crippen LogP contribution in [0.3, 0.4) is 0 Å². The molecule has 2 heterocycles. The lowest BCUT2D eigenvalue weighted by Crippen LogP contribution is -2.29. The van der Waals surface area contributed by atoms with Gasteiger partial charge in [0.15, 0.2) is 0 Å². The second-order valence-electron chi connectivity index (χ2n) is 6.10. The number of piperidine rings is 2. The van der Waals surface area contributed by atoms with Gasteiger partial charge in [0.1, 0.15) is 0 Å². The van der Waals surface area contributed by atoms with Crippen molar-refractivity contribution in [2.45, 2.75) is 44.6 Å². The minimum absolute atomic E-state index is 0.783. The fourth-order valence-electron chi connectivity index (χ4n) is 3.43. The largest absolute Gasteiger partial charge is 0.317 e. The molecule has 104 valence electrons. The summed E-state index contributed by atoms with van der Waals surface area (Å²) in [5, 5.41) is 3.44. The minimum atomic E-state index is 0.783. The van der Waals surface area contributed by atoms with Crippen molar-refractivity contribution < 1.29 is 0 Å². The van der Waals surface area contributed by atoms with Gasteiger partial charge in [-0.15, -0.1) is 0 Å². The third kappa shape index (κ3) is 3.58. The Morgan fingerprint density at radius 3 is 2.32 bits per heavy atom. The summed E-state index contributed by atoms with van der Waals surface area (Å²) in [6.07, 6.45) is 6.78. The van der Waals surface area contributed by atoms with E-state index in [1.54, 1.807) is 5.56 Å². The van der Waals surface area contributed by atoms with Crippen molar-refractivity contribution in [3.05, 3.63) is 35.4 Å². The van der Waals surface area contributed by atoms with Gasteiger partial charge in [-0.05, 0) is 68.9 Å². The first-order chi connectivity index (χ1) is 9.42.